The molecule has 0 radical (unpaired) electrons. The van der Waals surface area contributed by atoms with Crippen LogP contribution in [0.1, 0.15) is 22.2 Å². The molecular weight excluding hydrogens is 324 g/mol. The van der Waals surface area contributed by atoms with Gasteiger partial charge < -0.3 is 15.0 Å². The molecule has 1 unspecified atom stereocenters. The Morgan fingerprint density at radius 2 is 2.12 bits per heavy atom. The molecule has 1 aliphatic rings. The fourth-order valence-corrected chi connectivity index (χ4v) is 3.25. The number of benzene rings is 1. The van der Waals surface area contributed by atoms with Gasteiger partial charge in [-0.15, -0.1) is 11.3 Å². The van der Waals surface area contributed by atoms with E-state index in [-0.39, 0.29) is 24.5 Å². The van der Waals surface area contributed by atoms with Crippen molar-refractivity contribution in [2.75, 3.05) is 24.6 Å². The number of thiophene rings is 1. The second-order valence-corrected chi connectivity index (χ2v) is 6.59. The van der Waals surface area contributed by atoms with Gasteiger partial charge in [0.1, 0.15) is 6.61 Å². The summed E-state index contributed by atoms with van der Waals surface area (Å²) in [6.07, 6.45) is 0.756. The van der Waals surface area contributed by atoms with Crippen LogP contribution in [0.15, 0.2) is 41.8 Å². The summed E-state index contributed by atoms with van der Waals surface area (Å²) in [7, 11) is 0. The average Bonchev–Trinajstić information content (AvgIpc) is 3.15. The van der Waals surface area contributed by atoms with Crippen LogP contribution < -0.4 is 10.2 Å². The van der Waals surface area contributed by atoms with Crippen molar-refractivity contribution in [3.63, 3.8) is 0 Å². The number of rotatable bonds is 5. The Bertz CT molecular complexity index is 698. The molecule has 0 saturated carbocycles. The van der Waals surface area contributed by atoms with Crippen LogP contribution in [0, 0.1) is 0 Å². The minimum atomic E-state index is -0.211. The Hall–Kier alpha value is -2.18. The monoisotopic (exact) mass is 344 g/mol. The van der Waals surface area contributed by atoms with Crippen molar-refractivity contribution in [2.45, 2.75) is 19.4 Å². The molecule has 6 heteroatoms. The highest BCUT2D eigenvalue weighted by Crippen LogP contribution is 2.19. The van der Waals surface area contributed by atoms with Gasteiger partial charge in [0.25, 0.3) is 11.8 Å². The van der Waals surface area contributed by atoms with E-state index in [1.807, 2.05) is 35.7 Å². The number of carbonyl (C=O) groups is 2. The van der Waals surface area contributed by atoms with Gasteiger partial charge in [0.05, 0.1) is 17.5 Å². The van der Waals surface area contributed by atoms with Gasteiger partial charge >= 0.3 is 0 Å². The van der Waals surface area contributed by atoms with Gasteiger partial charge in [-0.25, -0.2) is 0 Å². The van der Waals surface area contributed by atoms with Gasteiger partial charge in [0.15, 0.2) is 0 Å². The summed E-state index contributed by atoms with van der Waals surface area (Å²) >= 11 is 1.40. The predicted molar refractivity (Wildman–Crippen MR) is 94.6 cm³/mol. The highest BCUT2D eigenvalue weighted by Gasteiger charge is 2.27. The van der Waals surface area contributed by atoms with E-state index in [0.29, 0.717) is 18.0 Å². The minimum Gasteiger partial charge on any atom is -0.365 e. The molecule has 0 spiro atoms. The molecule has 1 atom stereocenters. The lowest BCUT2D eigenvalue weighted by Gasteiger charge is -2.33. The van der Waals surface area contributed by atoms with E-state index in [1.165, 1.54) is 16.9 Å². The molecule has 1 N–H and O–H groups in total. The lowest BCUT2D eigenvalue weighted by Crippen LogP contribution is -2.50. The number of anilines is 1. The number of hydrogen-bond acceptors (Lipinski definition) is 4. The molecule has 5 nitrogen and oxygen atoms in total. The molecule has 24 heavy (non-hydrogen) atoms. The third-order valence-electron chi connectivity index (χ3n) is 4.02. The number of aryl methyl sites for hydroxylation is 1. The van der Waals surface area contributed by atoms with Crippen LogP contribution >= 0.6 is 11.3 Å². The molecule has 1 aromatic heterocycles. The van der Waals surface area contributed by atoms with Crippen LogP contribution in [-0.2, 0) is 16.0 Å². The molecule has 1 aromatic carbocycles. The standard InChI is InChI=1S/C18H20N2O3S/c1-2-13-5-7-14(8-6-13)20-11-15(23-12-17(20)21)10-19-18(22)16-4-3-9-24-16/h3-9,15H,2,10-12H2,1H3,(H,19,22). The van der Waals surface area contributed by atoms with E-state index in [0.717, 1.165) is 12.1 Å². The summed E-state index contributed by atoms with van der Waals surface area (Å²) in [5.74, 6) is -0.163. The quantitative estimate of drug-likeness (QED) is 0.906. The highest BCUT2D eigenvalue weighted by molar-refractivity contribution is 7.12. The molecule has 126 valence electrons. The van der Waals surface area contributed by atoms with E-state index in [9.17, 15) is 9.59 Å². The molecule has 0 bridgehead atoms. The van der Waals surface area contributed by atoms with Crippen LogP contribution in [0.5, 0.6) is 0 Å². The Morgan fingerprint density at radius 3 is 2.79 bits per heavy atom. The number of nitrogens with zero attached hydrogens (tertiary/aromatic N) is 1. The van der Waals surface area contributed by atoms with Crippen molar-refractivity contribution in [1.29, 1.82) is 0 Å². The van der Waals surface area contributed by atoms with E-state index in [2.05, 4.69) is 12.2 Å². The molecule has 1 saturated heterocycles. The smallest absolute Gasteiger partial charge is 0.261 e. The maximum atomic E-state index is 12.1. The Kier molecular flexibility index (Phi) is 5.27. The second kappa shape index (κ2) is 7.59. The first-order valence-electron chi connectivity index (χ1n) is 8.00. The minimum absolute atomic E-state index is 0.0368. The lowest BCUT2D eigenvalue weighted by molar-refractivity contribution is -0.129. The number of hydrogen-bond donors (Lipinski definition) is 1. The number of carbonyl (C=O) groups excluding carboxylic acids is 2. The Morgan fingerprint density at radius 1 is 1.33 bits per heavy atom. The maximum absolute atomic E-state index is 12.1. The number of nitrogens with one attached hydrogen (secondary N) is 1. The summed E-state index contributed by atoms with van der Waals surface area (Å²) in [6, 6.07) is 11.6. The van der Waals surface area contributed by atoms with Crippen LogP contribution in [0.2, 0.25) is 0 Å². The summed E-state index contributed by atoms with van der Waals surface area (Å²) in [6.45, 7) is 2.96. The van der Waals surface area contributed by atoms with Crippen molar-refractivity contribution < 1.29 is 14.3 Å². The molecular formula is C18H20N2O3S. The number of amides is 2. The van der Waals surface area contributed by atoms with Gasteiger partial charge in [0.2, 0.25) is 0 Å². The predicted octanol–water partition coefficient (Wildman–Crippen LogP) is 2.47. The summed E-state index contributed by atoms with van der Waals surface area (Å²) < 4.78 is 5.55. The summed E-state index contributed by atoms with van der Waals surface area (Å²) in [4.78, 5) is 26.5. The van der Waals surface area contributed by atoms with E-state index in [4.69, 9.17) is 4.74 Å². The van der Waals surface area contributed by atoms with Gasteiger partial charge in [-0.2, -0.15) is 0 Å². The average molecular weight is 344 g/mol. The van der Waals surface area contributed by atoms with Crippen molar-refractivity contribution in [3.05, 3.63) is 52.2 Å². The maximum Gasteiger partial charge on any atom is 0.261 e. The normalized spacial score (nSPS) is 17.8. The SMILES string of the molecule is CCc1ccc(N2CC(CNC(=O)c3cccs3)OCC2=O)cc1. The van der Waals surface area contributed by atoms with Crippen molar-refractivity contribution in [3.8, 4) is 0 Å². The summed E-state index contributed by atoms with van der Waals surface area (Å²) in [5.41, 5.74) is 2.11. The number of ether oxygens (including phenoxy) is 1. The fourth-order valence-electron chi connectivity index (χ4n) is 2.61. The van der Waals surface area contributed by atoms with E-state index < -0.39 is 0 Å². The van der Waals surface area contributed by atoms with Crippen LogP contribution in [-0.4, -0.2) is 37.6 Å². The first-order valence-corrected chi connectivity index (χ1v) is 8.88. The zero-order chi connectivity index (χ0) is 16.9. The second-order valence-electron chi connectivity index (χ2n) is 5.64. The largest absolute Gasteiger partial charge is 0.365 e. The highest BCUT2D eigenvalue weighted by atomic mass is 32.1. The van der Waals surface area contributed by atoms with Crippen LogP contribution in [0.25, 0.3) is 0 Å². The first kappa shape index (κ1) is 16.7. The van der Waals surface area contributed by atoms with Crippen molar-refractivity contribution in [2.24, 2.45) is 0 Å². The van der Waals surface area contributed by atoms with Crippen LogP contribution in [0.3, 0.4) is 0 Å². The van der Waals surface area contributed by atoms with Gasteiger partial charge in [-0.3, -0.25) is 9.59 Å². The fraction of sp³-hybridized carbons (Fsp3) is 0.333. The van der Waals surface area contributed by atoms with Gasteiger partial charge in [0, 0.05) is 12.2 Å². The summed E-state index contributed by atoms with van der Waals surface area (Å²) in [5, 5.41) is 4.74. The molecule has 2 aromatic rings. The van der Waals surface area contributed by atoms with Crippen LogP contribution in [0.4, 0.5) is 5.69 Å². The Balaban J connectivity index is 1.60. The van der Waals surface area contributed by atoms with Gasteiger partial charge in [-0.1, -0.05) is 25.1 Å². The van der Waals surface area contributed by atoms with Crippen molar-refractivity contribution in [1.82, 2.24) is 5.32 Å². The molecule has 2 amide bonds. The molecule has 1 aliphatic heterocycles. The first-order chi connectivity index (χ1) is 11.7. The topological polar surface area (TPSA) is 58.6 Å². The Labute approximate surface area is 145 Å². The lowest BCUT2D eigenvalue weighted by atomic mass is 10.1. The molecule has 3 rings (SSSR count). The number of morpholine rings is 1. The van der Waals surface area contributed by atoms with E-state index in [1.54, 1.807) is 11.0 Å². The molecule has 0 aliphatic carbocycles. The third kappa shape index (κ3) is 3.83. The van der Waals surface area contributed by atoms with Gasteiger partial charge in [-0.05, 0) is 35.6 Å². The molecule has 2 heterocycles. The van der Waals surface area contributed by atoms with E-state index >= 15 is 0 Å². The zero-order valence-electron chi connectivity index (χ0n) is 13.5. The third-order valence-corrected chi connectivity index (χ3v) is 4.89. The van der Waals surface area contributed by atoms with Crippen molar-refractivity contribution >= 4 is 28.8 Å². The zero-order valence-corrected chi connectivity index (χ0v) is 14.3. The molecule has 1 fully saturated rings.